The number of nitrogens with zero attached hydrogens (tertiary/aromatic N) is 3. The minimum atomic E-state index is -4.66. The molecule has 1 fully saturated rings. The van der Waals surface area contributed by atoms with Gasteiger partial charge >= 0.3 is 6.18 Å². The highest BCUT2D eigenvalue weighted by Gasteiger charge is 2.35. The quantitative estimate of drug-likeness (QED) is 0.422. The Labute approximate surface area is 187 Å². The number of aryl methyl sites for hydroxylation is 1. The second-order valence-electron chi connectivity index (χ2n) is 8.04. The van der Waals surface area contributed by atoms with Gasteiger partial charge in [0.05, 0.1) is 21.7 Å². The van der Waals surface area contributed by atoms with Crippen LogP contribution in [-0.4, -0.2) is 28.9 Å². The van der Waals surface area contributed by atoms with Crippen LogP contribution in [0.15, 0.2) is 48.5 Å². The van der Waals surface area contributed by atoms with Crippen molar-refractivity contribution in [2.75, 3.05) is 23.3 Å². The lowest BCUT2D eigenvalue weighted by molar-refractivity contribution is -0.384. The smallest absolute Gasteiger partial charge is 0.366 e. The fraction of sp³-hybridized carbons (Fsp3) is 0.304. The molecule has 0 unspecified atom stereocenters. The van der Waals surface area contributed by atoms with Gasteiger partial charge in [-0.25, -0.2) is 0 Å². The van der Waals surface area contributed by atoms with Gasteiger partial charge < -0.3 is 10.2 Å². The highest BCUT2D eigenvalue weighted by atomic mass is 19.4. The first kappa shape index (κ1) is 22.5. The number of piperidine rings is 1. The van der Waals surface area contributed by atoms with Crippen molar-refractivity contribution in [1.82, 2.24) is 4.98 Å². The lowest BCUT2D eigenvalue weighted by Gasteiger charge is -2.32. The molecule has 1 N–H and O–H groups in total. The molecule has 4 rings (SSSR count). The van der Waals surface area contributed by atoms with Crippen molar-refractivity contribution < 1.29 is 22.9 Å². The van der Waals surface area contributed by atoms with E-state index >= 15 is 0 Å². The standard InChI is InChI=1S/C23H21F3N4O3/c1-14-5-6-15-3-2-4-18(21(15)27-14)28-22(31)16-9-11-29(12-10-16)19-8-7-17(23(24,25)26)13-20(19)30(32)33/h2-8,13,16H,9-12H2,1H3,(H,28,31). The third-order valence-electron chi connectivity index (χ3n) is 5.82. The summed E-state index contributed by atoms with van der Waals surface area (Å²) in [6.45, 7) is 2.50. The molecule has 1 aliphatic heterocycles. The molecule has 0 spiro atoms. The fourth-order valence-electron chi connectivity index (χ4n) is 4.08. The average Bonchev–Trinajstić information content (AvgIpc) is 2.78. The van der Waals surface area contributed by atoms with E-state index in [2.05, 4.69) is 10.3 Å². The van der Waals surface area contributed by atoms with Crippen molar-refractivity contribution in [3.8, 4) is 0 Å². The fourth-order valence-corrected chi connectivity index (χ4v) is 4.08. The van der Waals surface area contributed by atoms with Crippen LogP contribution < -0.4 is 10.2 Å². The van der Waals surface area contributed by atoms with Crippen LogP contribution in [0.3, 0.4) is 0 Å². The van der Waals surface area contributed by atoms with E-state index in [0.717, 1.165) is 23.2 Å². The summed E-state index contributed by atoms with van der Waals surface area (Å²) in [5.41, 5.74) is 0.609. The number of amides is 1. The first-order valence-electron chi connectivity index (χ1n) is 10.4. The van der Waals surface area contributed by atoms with E-state index in [1.807, 2.05) is 31.2 Å². The summed E-state index contributed by atoms with van der Waals surface area (Å²) < 4.78 is 38.9. The number of hydrogen-bond donors (Lipinski definition) is 1. The molecule has 172 valence electrons. The largest absolute Gasteiger partial charge is 0.416 e. The van der Waals surface area contributed by atoms with Crippen LogP contribution >= 0.6 is 0 Å². The van der Waals surface area contributed by atoms with E-state index in [0.29, 0.717) is 43.2 Å². The summed E-state index contributed by atoms with van der Waals surface area (Å²) in [4.78, 5) is 29.6. The Morgan fingerprint density at radius 1 is 1.15 bits per heavy atom. The number of fused-ring (bicyclic) bond motifs is 1. The zero-order chi connectivity index (χ0) is 23.8. The number of alkyl halides is 3. The maximum Gasteiger partial charge on any atom is 0.416 e. The molecule has 0 atom stereocenters. The lowest BCUT2D eigenvalue weighted by atomic mass is 9.95. The van der Waals surface area contributed by atoms with Gasteiger partial charge in [0.15, 0.2) is 0 Å². The molecule has 1 amide bonds. The molecule has 0 bridgehead atoms. The number of nitrogens with one attached hydrogen (secondary N) is 1. The van der Waals surface area contributed by atoms with Crippen molar-refractivity contribution >= 4 is 33.9 Å². The van der Waals surface area contributed by atoms with Crippen LogP contribution in [0.25, 0.3) is 10.9 Å². The summed E-state index contributed by atoms with van der Waals surface area (Å²) in [5, 5.41) is 15.2. The van der Waals surface area contributed by atoms with Gasteiger partial charge in [0.1, 0.15) is 5.69 Å². The maximum absolute atomic E-state index is 13.0. The monoisotopic (exact) mass is 458 g/mol. The Balaban J connectivity index is 1.47. The Morgan fingerprint density at radius 3 is 2.55 bits per heavy atom. The van der Waals surface area contributed by atoms with Crippen LogP contribution in [0.4, 0.5) is 30.2 Å². The Bertz CT molecular complexity index is 1220. The van der Waals surface area contributed by atoms with E-state index in [4.69, 9.17) is 0 Å². The molecule has 3 aromatic rings. The predicted molar refractivity (Wildman–Crippen MR) is 118 cm³/mol. The molecule has 1 aliphatic rings. The van der Waals surface area contributed by atoms with Crippen molar-refractivity contribution in [2.45, 2.75) is 25.9 Å². The van der Waals surface area contributed by atoms with Crippen LogP contribution in [0.5, 0.6) is 0 Å². The molecule has 7 nitrogen and oxygen atoms in total. The minimum Gasteiger partial charge on any atom is -0.366 e. The van der Waals surface area contributed by atoms with Crippen LogP contribution in [0.1, 0.15) is 24.1 Å². The van der Waals surface area contributed by atoms with Crippen molar-refractivity contribution in [1.29, 1.82) is 0 Å². The number of carbonyl (C=O) groups excluding carboxylic acids is 1. The van der Waals surface area contributed by atoms with E-state index in [9.17, 15) is 28.1 Å². The summed E-state index contributed by atoms with van der Waals surface area (Å²) in [6, 6.07) is 11.9. The molecule has 2 heterocycles. The third kappa shape index (κ3) is 4.74. The molecule has 1 aromatic heterocycles. The number of nitro groups is 1. The molecular weight excluding hydrogens is 437 g/mol. The van der Waals surface area contributed by atoms with Crippen LogP contribution in [-0.2, 0) is 11.0 Å². The summed E-state index contributed by atoms with van der Waals surface area (Å²) >= 11 is 0. The van der Waals surface area contributed by atoms with Gasteiger partial charge in [-0.2, -0.15) is 13.2 Å². The van der Waals surface area contributed by atoms with Gasteiger partial charge in [0.25, 0.3) is 5.69 Å². The normalized spacial score (nSPS) is 15.0. The molecule has 1 saturated heterocycles. The Hall–Kier alpha value is -3.69. The zero-order valence-corrected chi connectivity index (χ0v) is 17.7. The molecule has 0 saturated carbocycles. The number of anilines is 2. The minimum absolute atomic E-state index is 0.126. The number of benzene rings is 2. The molecular formula is C23H21F3N4O3. The van der Waals surface area contributed by atoms with Gasteiger partial charge in [-0.15, -0.1) is 0 Å². The van der Waals surface area contributed by atoms with Gasteiger partial charge in [-0.3, -0.25) is 19.9 Å². The number of aromatic nitrogens is 1. The van der Waals surface area contributed by atoms with Crippen LogP contribution in [0, 0.1) is 23.0 Å². The molecule has 10 heteroatoms. The van der Waals surface area contributed by atoms with E-state index in [1.54, 1.807) is 11.0 Å². The Morgan fingerprint density at radius 2 is 1.88 bits per heavy atom. The van der Waals surface area contributed by atoms with Gasteiger partial charge in [-0.1, -0.05) is 18.2 Å². The van der Waals surface area contributed by atoms with E-state index in [1.165, 1.54) is 0 Å². The number of para-hydroxylation sites is 1. The summed E-state index contributed by atoms with van der Waals surface area (Å²) in [6.07, 6.45) is -3.83. The number of pyridine rings is 1. The molecule has 0 aliphatic carbocycles. The van der Waals surface area contributed by atoms with Gasteiger partial charge in [0.2, 0.25) is 5.91 Å². The summed E-state index contributed by atoms with van der Waals surface area (Å²) in [7, 11) is 0. The number of nitro benzene ring substituents is 1. The number of hydrogen-bond acceptors (Lipinski definition) is 5. The second kappa shape index (κ2) is 8.68. The summed E-state index contributed by atoms with van der Waals surface area (Å²) in [5.74, 6) is -0.498. The molecule has 2 aromatic carbocycles. The van der Waals surface area contributed by atoms with E-state index in [-0.39, 0.29) is 17.5 Å². The Kier molecular flexibility index (Phi) is 5.92. The van der Waals surface area contributed by atoms with E-state index < -0.39 is 22.4 Å². The number of rotatable bonds is 4. The highest BCUT2D eigenvalue weighted by molar-refractivity contribution is 6.01. The highest BCUT2D eigenvalue weighted by Crippen LogP contribution is 2.38. The third-order valence-corrected chi connectivity index (χ3v) is 5.82. The maximum atomic E-state index is 13.0. The molecule has 33 heavy (non-hydrogen) atoms. The topological polar surface area (TPSA) is 88.4 Å². The SMILES string of the molecule is Cc1ccc2cccc(NC(=O)C3CCN(c4ccc(C(F)(F)F)cc4[N+](=O)[O-])CC3)c2n1. The van der Waals surface area contributed by atoms with Crippen LogP contribution in [0.2, 0.25) is 0 Å². The predicted octanol–water partition coefficient (Wildman–Crippen LogP) is 5.33. The molecule has 0 radical (unpaired) electrons. The zero-order valence-electron chi connectivity index (χ0n) is 17.7. The van der Waals surface area contributed by atoms with Gasteiger partial charge in [-0.05, 0) is 44.0 Å². The van der Waals surface area contributed by atoms with Crippen molar-refractivity contribution in [3.63, 3.8) is 0 Å². The number of halogens is 3. The lowest BCUT2D eigenvalue weighted by Crippen LogP contribution is -2.38. The number of carbonyl (C=O) groups is 1. The second-order valence-corrected chi connectivity index (χ2v) is 8.04. The van der Waals surface area contributed by atoms with Crippen molar-refractivity contribution in [2.24, 2.45) is 5.92 Å². The first-order chi connectivity index (χ1) is 15.6. The van der Waals surface area contributed by atoms with Gasteiger partial charge in [0, 0.05) is 36.2 Å². The van der Waals surface area contributed by atoms with Crippen molar-refractivity contribution in [3.05, 3.63) is 69.9 Å². The average molecular weight is 458 g/mol. The first-order valence-corrected chi connectivity index (χ1v) is 10.4.